The average Bonchev–Trinajstić information content (AvgIpc) is 2.61. The molecule has 2 aromatic rings. The third-order valence-corrected chi connectivity index (χ3v) is 4.27. The van der Waals surface area contributed by atoms with Gasteiger partial charge in [0.25, 0.3) is 0 Å². The van der Waals surface area contributed by atoms with Crippen molar-refractivity contribution in [2.24, 2.45) is 15.9 Å². The van der Waals surface area contributed by atoms with Crippen LogP contribution < -0.4 is 15.2 Å². The van der Waals surface area contributed by atoms with Gasteiger partial charge in [-0.05, 0) is 11.6 Å². The van der Waals surface area contributed by atoms with Crippen LogP contribution in [0.5, 0.6) is 11.5 Å². The molecule has 0 amide bonds. The second-order valence-corrected chi connectivity index (χ2v) is 6.09. The van der Waals surface area contributed by atoms with Crippen molar-refractivity contribution in [1.82, 2.24) is 0 Å². The van der Waals surface area contributed by atoms with Gasteiger partial charge in [-0.15, -0.1) is 5.10 Å². The van der Waals surface area contributed by atoms with Crippen LogP contribution >= 0.6 is 23.4 Å². The first kappa shape index (κ1) is 18.2. The third-order valence-electron chi connectivity index (χ3n) is 3.09. The van der Waals surface area contributed by atoms with Crippen molar-refractivity contribution in [2.75, 3.05) is 14.2 Å². The molecule has 0 fully saturated rings. The highest BCUT2D eigenvalue weighted by atomic mass is 35.5. The SMILES string of the molecule is COc1cc(Cl)c(C=NN=C(N)SCc2ccccc2)cc1OC. The van der Waals surface area contributed by atoms with E-state index < -0.39 is 0 Å². The molecule has 7 heteroatoms. The molecule has 2 aromatic carbocycles. The summed E-state index contributed by atoms with van der Waals surface area (Å²) in [5, 5.41) is 8.82. The largest absolute Gasteiger partial charge is 0.493 e. The molecule has 0 aliphatic heterocycles. The van der Waals surface area contributed by atoms with Crippen molar-refractivity contribution < 1.29 is 9.47 Å². The molecular weight excluding hydrogens is 346 g/mol. The molecule has 0 aromatic heterocycles. The van der Waals surface area contributed by atoms with Crippen molar-refractivity contribution in [3.63, 3.8) is 0 Å². The normalized spacial score (nSPS) is 11.7. The Bertz CT molecular complexity index is 736. The van der Waals surface area contributed by atoms with Crippen LogP contribution in [0.4, 0.5) is 0 Å². The van der Waals surface area contributed by atoms with Crippen LogP contribution in [0.2, 0.25) is 5.02 Å². The smallest absolute Gasteiger partial charge is 0.180 e. The fourth-order valence-corrected chi connectivity index (χ4v) is 2.69. The predicted molar refractivity (Wildman–Crippen MR) is 102 cm³/mol. The number of rotatable bonds is 6. The summed E-state index contributed by atoms with van der Waals surface area (Å²) in [6, 6.07) is 13.4. The van der Waals surface area contributed by atoms with Crippen LogP contribution in [0, 0.1) is 0 Å². The van der Waals surface area contributed by atoms with Crippen LogP contribution in [0.25, 0.3) is 0 Å². The Morgan fingerprint density at radius 2 is 1.83 bits per heavy atom. The number of thioether (sulfide) groups is 1. The van der Waals surface area contributed by atoms with Gasteiger partial charge in [0.2, 0.25) is 0 Å². The predicted octanol–water partition coefficient (Wildman–Crippen LogP) is 3.94. The number of nitrogens with two attached hydrogens (primary N) is 1. The van der Waals surface area contributed by atoms with Gasteiger partial charge in [-0.3, -0.25) is 0 Å². The highest BCUT2D eigenvalue weighted by Gasteiger charge is 2.08. The minimum absolute atomic E-state index is 0.381. The van der Waals surface area contributed by atoms with Crippen LogP contribution in [-0.4, -0.2) is 25.6 Å². The molecule has 0 saturated carbocycles. The zero-order chi connectivity index (χ0) is 17.4. The molecule has 24 heavy (non-hydrogen) atoms. The highest BCUT2D eigenvalue weighted by molar-refractivity contribution is 8.13. The van der Waals surface area contributed by atoms with E-state index in [1.54, 1.807) is 26.4 Å². The molecule has 126 valence electrons. The number of methoxy groups -OCH3 is 2. The zero-order valence-electron chi connectivity index (χ0n) is 13.4. The van der Waals surface area contributed by atoms with E-state index in [4.69, 9.17) is 26.8 Å². The van der Waals surface area contributed by atoms with Crippen LogP contribution in [0.1, 0.15) is 11.1 Å². The molecule has 2 rings (SSSR count). The lowest BCUT2D eigenvalue weighted by molar-refractivity contribution is 0.355. The maximum atomic E-state index is 6.18. The Labute approximate surface area is 150 Å². The molecule has 0 heterocycles. The lowest BCUT2D eigenvalue weighted by atomic mass is 10.2. The van der Waals surface area contributed by atoms with Gasteiger partial charge < -0.3 is 15.2 Å². The quantitative estimate of drug-likeness (QED) is 0.479. The van der Waals surface area contributed by atoms with Crippen LogP contribution in [0.15, 0.2) is 52.7 Å². The van der Waals surface area contributed by atoms with E-state index in [9.17, 15) is 0 Å². The minimum atomic E-state index is 0.381. The fraction of sp³-hybridized carbons (Fsp3) is 0.176. The molecule has 5 nitrogen and oxygen atoms in total. The van der Waals surface area contributed by atoms with Gasteiger partial charge in [-0.25, -0.2) is 0 Å². The van der Waals surface area contributed by atoms with Gasteiger partial charge in [-0.1, -0.05) is 53.7 Å². The second kappa shape index (κ2) is 9.20. The Morgan fingerprint density at radius 1 is 1.17 bits per heavy atom. The summed E-state index contributed by atoms with van der Waals surface area (Å²) in [6.45, 7) is 0. The van der Waals surface area contributed by atoms with Gasteiger partial charge in [-0.2, -0.15) is 5.10 Å². The summed E-state index contributed by atoms with van der Waals surface area (Å²) in [4.78, 5) is 0. The van der Waals surface area contributed by atoms with Crippen molar-refractivity contribution in [2.45, 2.75) is 5.75 Å². The molecule has 0 aliphatic rings. The van der Waals surface area contributed by atoms with Gasteiger partial charge in [0.15, 0.2) is 16.7 Å². The van der Waals surface area contributed by atoms with Gasteiger partial charge in [0.1, 0.15) is 0 Å². The maximum Gasteiger partial charge on any atom is 0.180 e. The van der Waals surface area contributed by atoms with Crippen molar-refractivity contribution in [3.8, 4) is 11.5 Å². The number of hydrogen-bond donors (Lipinski definition) is 1. The first-order chi connectivity index (χ1) is 11.6. The Hall–Kier alpha value is -2.18. The Balaban J connectivity index is 2.02. The van der Waals surface area contributed by atoms with Crippen molar-refractivity contribution in [3.05, 3.63) is 58.6 Å². The number of amidine groups is 1. The average molecular weight is 364 g/mol. The number of hydrogen-bond acceptors (Lipinski definition) is 5. The van der Waals surface area contributed by atoms with E-state index in [1.807, 2.05) is 30.3 Å². The van der Waals surface area contributed by atoms with E-state index >= 15 is 0 Å². The van der Waals surface area contributed by atoms with E-state index in [2.05, 4.69) is 10.2 Å². The monoisotopic (exact) mass is 363 g/mol. The molecule has 0 radical (unpaired) electrons. The van der Waals surface area contributed by atoms with Crippen molar-refractivity contribution >= 4 is 34.7 Å². The summed E-state index contributed by atoms with van der Waals surface area (Å²) >= 11 is 7.60. The van der Waals surface area contributed by atoms with E-state index in [0.29, 0.717) is 27.3 Å². The number of halogens is 1. The molecule has 0 bridgehead atoms. The molecule has 0 spiro atoms. The van der Waals surface area contributed by atoms with Crippen molar-refractivity contribution in [1.29, 1.82) is 0 Å². The first-order valence-corrected chi connectivity index (χ1v) is 8.45. The third kappa shape index (κ3) is 5.18. The minimum Gasteiger partial charge on any atom is -0.493 e. The lowest BCUT2D eigenvalue weighted by Crippen LogP contribution is -2.06. The molecular formula is C17H18ClN3O2S. The first-order valence-electron chi connectivity index (χ1n) is 7.08. The van der Waals surface area contributed by atoms with Crippen LogP contribution in [-0.2, 0) is 5.75 Å². The standard InChI is InChI=1S/C17H18ClN3O2S/c1-22-15-8-13(14(18)9-16(15)23-2)10-20-21-17(19)24-11-12-6-4-3-5-7-12/h3-10H,11H2,1-2H3,(H2,19,21). The molecule has 2 N–H and O–H groups in total. The maximum absolute atomic E-state index is 6.18. The second-order valence-electron chi connectivity index (χ2n) is 4.69. The summed E-state index contributed by atoms with van der Waals surface area (Å²) in [7, 11) is 3.11. The molecule has 0 unspecified atom stereocenters. The molecule has 0 aliphatic carbocycles. The molecule has 0 atom stereocenters. The lowest BCUT2D eigenvalue weighted by Gasteiger charge is -2.09. The topological polar surface area (TPSA) is 69.2 Å². The zero-order valence-corrected chi connectivity index (χ0v) is 15.0. The summed E-state index contributed by atoms with van der Waals surface area (Å²) in [6.07, 6.45) is 1.53. The number of ether oxygens (including phenoxy) is 2. The highest BCUT2D eigenvalue weighted by Crippen LogP contribution is 2.32. The summed E-state index contributed by atoms with van der Waals surface area (Å²) in [5.74, 6) is 1.86. The van der Waals surface area contributed by atoms with Gasteiger partial charge in [0.05, 0.1) is 25.5 Å². The summed E-state index contributed by atoms with van der Waals surface area (Å²) < 4.78 is 10.4. The van der Waals surface area contributed by atoms with Gasteiger partial charge in [0, 0.05) is 17.4 Å². The summed E-state index contributed by atoms with van der Waals surface area (Å²) in [5.41, 5.74) is 7.69. The van der Waals surface area contributed by atoms with Gasteiger partial charge >= 0.3 is 0 Å². The fourth-order valence-electron chi connectivity index (χ4n) is 1.88. The Morgan fingerprint density at radius 3 is 2.50 bits per heavy atom. The van der Waals surface area contributed by atoms with E-state index in [0.717, 1.165) is 5.75 Å². The Kier molecular flexibility index (Phi) is 6.96. The number of nitrogens with zero attached hydrogens (tertiary/aromatic N) is 2. The van der Waals surface area contributed by atoms with Crippen LogP contribution in [0.3, 0.4) is 0 Å². The van der Waals surface area contributed by atoms with E-state index in [-0.39, 0.29) is 0 Å². The van der Waals surface area contributed by atoms with E-state index in [1.165, 1.54) is 23.5 Å². The number of benzene rings is 2. The molecule has 0 saturated heterocycles.